The second kappa shape index (κ2) is 7.32. The van der Waals surface area contributed by atoms with Crippen molar-refractivity contribution < 1.29 is 19.1 Å². The predicted molar refractivity (Wildman–Crippen MR) is 50.7 cm³/mol. The van der Waals surface area contributed by atoms with Crippen LogP contribution in [0.3, 0.4) is 0 Å². The van der Waals surface area contributed by atoms with E-state index in [0.29, 0.717) is 19.4 Å². The summed E-state index contributed by atoms with van der Waals surface area (Å²) in [5.41, 5.74) is 0. The highest BCUT2D eigenvalue weighted by atomic mass is 16.5. The number of ether oxygens (including phenoxy) is 2. The first-order chi connectivity index (χ1) is 6.60. The second-order valence-electron chi connectivity index (χ2n) is 2.96. The lowest BCUT2D eigenvalue weighted by atomic mass is 10.2. The first-order valence-electron chi connectivity index (χ1n) is 4.47. The van der Waals surface area contributed by atoms with E-state index in [1.165, 1.54) is 14.2 Å². The van der Waals surface area contributed by atoms with Crippen molar-refractivity contribution in [2.75, 3.05) is 20.8 Å². The fourth-order valence-electron chi connectivity index (χ4n) is 0.928. The maximum absolute atomic E-state index is 10.8. The zero-order valence-electron chi connectivity index (χ0n) is 8.83. The van der Waals surface area contributed by atoms with E-state index >= 15 is 0 Å². The first kappa shape index (κ1) is 12.9. The summed E-state index contributed by atoms with van der Waals surface area (Å²) in [6, 6.07) is 0.00658. The molecule has 0 bridgehead atoms. The van der Waals surface area contributed by atoms with Crippen molar-refractivity contribution in [1.29, 1.82) is 0 Å². The number of carbonyl (C=O) groups excluding carboxylic acids is 2. The molecule has 14 heavy (non-hydrogen) atoms. The van der Waals surface area contributed by atoms with Crippen LogP contribution in [0.5, 0.6) is 0 Å². The number of carbonyl (C=O) groups is 2. The lowest BCUT2D eigenvalue weighted by molar-refractivity contribution is -0.141. The van der Waals surface area contributed by atoms with E-state index in [9.17, 15) is 9.59 Å². The third kappa shape index (κ3) is 6.42. The van der Waals surface area contributed by atoms with Crippen molar-refractivity contribution >= 4 is 11.9 Å². The van der Waals surface area contributed by atoms with Gasteiger partial charge < -0.3 is 14.8 Å². The summed E-state index contributed by atoms with van der Waals surface area (Å²) in [5.74, 6) is -0.522. The van der Waals surface area contributed by atoms with Gasteiger partial charge in [0.25, 0.3) is 0 Å². The molecule has 0 aliphatic carbocycles. The standard InChI is InChI=1S/C9H17NO4/c1-7(6-9(12)14-3)10-5-4-8(11)13-2/h7,10H,4-6H2,1-3H3/t7-/m0/s1. The number of hydrogen-bond donors (Lipinski definition) is 1. The lowest BCUT2D eigenvalue weighted by Gasteiger charge is -2.11. The maximum atomic E-state index is 10.8. The number of hydrogen-bond acceptors (Lipinski definition) is 5. The van der Waals surface area contributed by atoms with Crippen molar-refractivity contribution in [3.63, 3.8) is 0 Å². The summed E-state index contributed by atoms with van der Waals surface area (Å²) in [5, 5.41) is 3.01. The van der Waals surface area contributed by atoms with E-state index in [2.05, 4.69) is 14.8 Å². The largest absolute Gasteiger partial charge is 0.469 e. The molecule has 0 spiro atoms. The molecule has 0 aliphatic rings. The van der Waals surface area contributed by atoms with Gasteiger partial charge in [0.2, 0.25) is 0 Å². The van der Waals surface area contributed by atoms with Crippen molar-refractivity contribution in [1.82, 2.24) is 5.32 Å². The van der Waals surface area contributed by atoms with Gasteiger partial charge in [-0.1, -0.05) is 0 Å². The molecule has 0 aromatic carbocycles. The molecule has 0 saturated heterocycles. The van der Waals surface area contributed by atoms with Crippen LogP contribution in [0.1, 0.15) is 19.8 Å². The Morgan fingerprint density at radius 1 is 1.21 bits per heavy atom. The molecule has 0 aliphatic heterocycles. The van der Waals surface area contributed by atoms with Crippen molar-refractivity contribution in [3.8, 4) is 0 Å². The monoisotopic (exact) mass is 203 g/mol. The molecular formula is C9H17NO4. The topological polar surface area (TPSA) is 64.6 Å². The van der Waals surface area contributed by atoms with E-state index in [1.807, 2.05) is 6.92 Å². The maximum Gasteiger partial charge on any atom is 0.307 e. The molecule has 5 nitrogen and oxygen atoms in total. The van der Waals surface area contributed by atoms with Crippen LogP contribution in [0.2, 0.25) is 0 Å². The van der Waals surface area contributed by atoms with E-state index in [1.54, 1.807) is 0 Å². The first-order valence-corrected chi connectivity index (χ1v) is 4.47. The zero-order chi connectivity index (χ0) is 11.0. The average molecular weight is 203 g/mol. The van der Waals surface area contributed by atoms with E-state index < -0.39 is 0 Å². The highest BCUT2D eigenvalue weighted by Gasteiger charge is 2.08. The lowest BCUT2D eigenvalue weighted by Crippen LogP contribution is -2.30. The Bertz CT molecular complexity index is 193. The van der Waals surface area contributed by atoms with Crippen LogP contribution in [0.25, 0.3) is 0 Å². The highest BCUT2D eigenvalue weighted by molar-refractivity contribution is 5.70. The van der Waals surface area contributed by atoms with E-state index in [4.69, 9.17) is 0 Å². The number of methoxy groups -OCH3 is 2. The normalized spacial score (nSPS) is 11.9. The van der Waals surface area contributed by atoms with Crippen molar-refractivity contribution in [2.24, 2.45) is 0 Å². The summed E-state index contributed by atoms with van der Waals surface area (Å²) in [7, 11) is 2.70. The molecule has 0 heterocycles. The summed E-state index contributed by atoms with van der Waals surface area (Å²) in [6.07, 6.45) is 0.611. The molecule has 0 aromatic heterocycles. The second-order valence-corrected chi connectivity index (χ2v) is 2.96. The van der Waals surface area contributed by atoms with E-state index in [-0.39, 0.29) is 18.0 Å². The van der Waals surface area contributed by atoms with Gasteiger partial charge in [0, 0.05) is 12.6 Å². The summed E-state index contributed by atoms with van der Waals surface area (Å²) >= 11 is 0. The predicted octanol–water partition coefficient (Wildman–Crippen LogP) is 0.0907. The van der Waals surface area contributed by atoms with Crippen LogP contribution < -0.4 is 5.32 Å². The molecule has 1 N–H and O–H groups in total. The molecule has 1 atom stereocenters. The van der Waals surface area contributed by atoms with Crippen molar-refractivity contribution in [2.45, 2.75) is 25.8 Å². The van der Waals surface area contributed by atoms with Gasteiger partial charge in [0.1, 0.15) is 0 Å². The minimum Gasteiger partial charge on any atom is -0.469 e. The minimum absolute atomic E-state index is 0.00658. The Hall–Kier alpha value is -1.10. The Kier molecular flexibility index (Phi) is 6.74. The molecule has 0 saturated carbocycles. The zero-order valence-corrected chi connectivity index (χ0v) is 8.83. The van der Waals surface area contributed by atoms with E-state index in [0.717, 1.165) is 0 Å². The molecular weight excluding hydrogens is 186 g/mol. The third-order valence-electron chi connectivity index (χ3n) is 1.75. The van der Waals surface area contributed by atoms with Crippen molar-refractivity contribution in [3.05, 3.63) is 0 Å². The quantitative estimate of drug-likeness (QED) is 0.620. The van der Waals surface area contributed by atoms with Crippen LogP contribution in [0.4, 0.5) is 0 Å². The van der Waals surface area contributed by atoms with Gasteiger partial charge in [0.15, 0.2) is 0 Å². The Morgan fingerprint density at radius 3 is 2.29 bits per heavy atom. The summed E-state index contributed by atoms with van der Waals surface area (Å²) in [4.78, 5) is 21.5. The van der Waals surface area contributed by atoms with Gasteiger partial charge in [-0.3, -0.25) is 9.59 Å². The van der Waals surface area contributed by atoms with Crippen LogP contribution in [-0.4, -0.2) is 38.7 Å². The van der Waals surface area contributed by atoms with Gasteiger partial charge >= 0.3 is 11.9 Å². The average Bonchev–Trinajstić information content (AvgIpc) is 2.17. The molecule has 0 radical (unpaired) electrons. The molecule has 5 heteroatoms. The number of nitrogens with one attached hydrogen (secondary N) is 1. The van der Waals surface area contributed by atoms with Gasteiger partial charge in [0.05, 0.1) is 27.1 Å². The highest BCUT2D eigenvalue weighted by Crippen LogP contribution is 1.93. The molecule has 0 aromatic rings. The molecule has 0 rings (SSSR count). The van der Waals surface area contributed by atoms with Gasteiger partial charge in [-0.2, -0.15) is 0 Å². The molecule has 82 valence electrons. The van der Waals surface area contributed by atoms with Gasteiger partial charge in [-0.15, -0.1) is 0 Å². The van der Waals surface area contributed by atoms with Gasteiger partial charge in [-0.25, -0.2) is 0 Å². The fourth-order valence-corrected chi connectivity index (χ4v) is 0.928. The summed E-state index contributed by atoms with van der Waals surface area (Å²) in [6.45, 7) is 2.36. The Balaban J connectivity index is 3.49. The third-order valence-corrected chi connectivity index (χ3v) is 1.75. The van der Waals surface area contributed by atoms with Crippen LogP contribution in [0, 0.1) is 0 Å². The Morgan fingerprint density at radius 2 is 1.79 bits per heavy atom. The molecule has 0 fully saturated rings. The number of rotatable bonds is 6. The number of esters is 2. The molecule has 0 amide bonds. The summed E-state index contributed by atoms with van der Waals surface area (Å²) < 4.78 is 8.96. The van der Waals surface area contributed by atoms with Crippen LogP contribution in [0.15, 0.2) is 0 Å². The smallest absolute Gasteiger partial charge is 0.307 e. The van der Waals surface area contributed by atoms with Crippen LogP contribution in [-0.2, 0) is 19.1 Å². The SMILES string of the molecule is COC(=O)CCN[C@@H](C)CC(=O)OC. The minimum atomic E-state index is -0.261. The van der Waals surface area contributed by atoms with Gasteiger partial charge in [-0.05, 0) is 6.92 Å². The molecule has 0 unspecified atom stereocenters. The Labute approximate surface area is 83.8 Å². The van der Waals surface area contributed by atoms with Crippen LogP contribution >= 0.6 is 0 Å². The fraction of sp³-hybridized carbons (Fsp3) is 0.778.